The Morgan fingerprint density at radius 3 is 2.03 bits per heavy atom. The van der Waals surface area contributed by atoms with Crippen LogP contribution in [0.3, 0.4) is 0 Å². The number of aliphatic hydroxyl groups is 1. The molecule has 202 valence electrons. The van der Waals surface area contributed by atoms with E-state index in [-0.39, 0.29) is 11.6 Å². The van der Waals surface area contributed by atoms with Gasteiger partial charge in [0.05, 0.1) is 11.7 Å². The molecule has 0 bridgehead atoms. The summed E-state index contributed by atoms with van der Waals surface area (Å²) in [7, 11) is 0. The van der Waals surface area contributed by atoms with Crippen LogP contribution in [0.25, 0.3) is 5.69 Å². The minimum atomic E-state index is -0.902. The zero-order valence-electron chi connectivity index (χ0n) is 21.5. The van der Waals surface area contributed by atoms with Crippen LogP contribution in [0.5, 0.6) is 0 Å². The van der Waals surface area contributed by atoms with Crippen molar-refractivity contribution in [3.8, 4) is 5.69 Å². The molecule has 3 aromatic carbocycles. The van der Waals surface area contributed by atoms with E-state index in [2.05, 4.69) is 10.00 Å². The lowest BCUT2D eigenvalue weighted by molar-refractivity contribution is 0.0746. The molecule has 1 amide bonds. The fraction of sp³-hybridized carbons (Fsp3) is 0.276. The first-order chi connectivity index (χ1) is 18.9. The summed E-state index contributed by atoms with van der Waals surface area (Å²) in [5.41, 5.74) is 2.68. The van der Waals surface area contributed by atoms with Gasteiger partial charge in [-0.05, 0) is 72.6 Å². The Balaban J connectivity index is 1.25. The highest BCUT2D eigenvalue weighted by Gasteiger charge is 2.25. The van der Waals surface area contributed by atoms with Crippen LogP contribution >= 0.6 is 23.2 Å². The van der Waals surface area contributed by atoms with Crippen molar-refractivity contribution < 1.29 is 9.90 Å². The molecule has 2 unspecified atom stereocenters. The number of carbonyl (C=O) groups excluding carboxylic acids is 1. The predicted octanol–water partition coefficient (Wildman–Crippen LogP) is 4.99. The summed E-state index contributed by atoms with van der Waals surface area (Å²) in [5, 5.41) is 16.5. The molecule has 1 N–H and O–H groups in total. The number of piperazine rings is 1. The summed E-state index contributed by atoms with van der Waals surface area (Å²) in [5.74, 6) is 0.00427. The van der Waals surface area contributed by atoms with E-state index in [1.54, 1.807) is 48.5 Å². The van der Waals surface area contributed by atoms with E-state index in [1.807, 2.05) is 36.1 Å². The SMILES string of the molecule is CCC(C(O)c1ccc(Cl)cc1)n1ncn(-c2ccc(N3CCN(C(=O)c4ccc(Cl)cc4)CC3)cc2)c1=O. The van der Waals surface area contributed by atoms with Crippen LogP contribution in [0.15, 0.2) is 83.9 Å². The van der Waals surface area contributed by atoms with E-state index in [0.29, 0.717) is 59.5 Å². The zero-order chi connectivity index (χ0) is 27.5. The first kappa shape index (κ1) is 27.0. The highest BCUT2D eigenvalue weighted by molar-refractivity contribution is 6.30. The molecule has 39 heavy (non-hydrogen) atoms. The number of nitrogens with zero attached hydrogens (tertiary/aromatic N) is 5. The number of anilines is 1. The molecule has 1 saturated heterocycles. The molecule has 0 spiro atoms. The molecule has 1 aromatic heterocycles. The minimum absolute atomic E-state index is 0.00427. The van der Waals surface area contributed by atoms with Crippen molar-refractivity contribution in [2.45, 2.75) is 25.5 Å². The number of rotatable bonds is 7. The molecule has 2 atom stereocenters. The fourth-order valence-electron chi connectivity index (χ4n) is 4.90. The van der Waals surface area contributed by atoms with Gasteiger partial charge in [0.2, 0.25) is 0 Å². The summed E-state index contributed by atoms with van der Waals surface area (Å²) in [6.45, 7) is 4.55. The minimum Gasteiger partial charge on any atom is -0.386 e. The van der Waals surface area contributed by atoms with Crippen molar-refractivity contribution in [3.63, 3.8) is 0 Å². The van der Waals surface area contributed by atoms with Crippen molar-refractivity contribution in [2.75, 3.05) is 31.1 Å². The molecule has 0 saturated carbocycles. The number of amides is 1. The third-order valence-corrected chi connectivity index (χ3v) is 7.66. The lowest BCUT2D eigenvalue weighted by atomic mass is 10.0. The topological polar surface area (TPSA) is 83.6 Å². The van der Waals surface area contributed by atoms with E-state index in [1.165, 1.54) is 15.6 Å². The number of benzene rings is 3. The van der Waals surface area contributed by atoms with Crippen LogP contribution in [-0.4, -0.2) is 56.4 Å². The number of hydrogen-bond acceptors (Lipinski definition) is 5. The van der Waals surface area contributed by atoms with Crippen LogP contribution in [0.4, 0.5) is 5.69 Å². The van der Waals surface area contributed by atoms with Crippen LogP contribution < -0.4 is 10.6 Å². The standard InChI is InChI=1S/C29H29Cl2N5O3/c1-2-26(27(37)20-3-7-22(30)8-4-20)36-29(39)35(19-32-36)25-13-11-24(12-14-25)33-15-17-34(18-16-33)28(38)21-5-9-23(31)10-6-21/h3-14,19,26-27,37H,2,15-18H2,1H3. The van der Waals surface area contributed by atoms with E-state index in [9.17, 15) is 14.7 Å². The Hall–Kier alpha value is -3.59. The maximum Gasteiger partial charge on any atom is 0.350 e. The molecule has 2 heterocycles. The second kappa shape index (κ2) is 11.7. The lowest BCUT2D eigenvalue weighted by Crippen LogP contribution is -2.48. The molecule has 1 aliphatic heterocycles. The number of carbonyl (C=O) groups is 1. The van der Waals surface area contributed by atoms with Gasteiger partial charge < -0.3 is 14.9 Å². The summed E-state index contributed by atoms with van der Waals surface area (Å²) in [6, 6.07) is 21.1. The van der Waals surface area contributed by atoms with Gasteiger partial charge in [-0.3, -0.25) is 4.79 Å². The van der Waals surface area contributed by atoms with Gasteiger partial charge in [-0.15, -0.1) is 0 Å². The Bertz CT molecular complexity index is 1480. The maximum atomic E-state index is 13.3. The van der Waals surface area contributed by atoms with Gasteiger partial charge in [0.1, 0.15) is 12.4 Å². The average Bonchev–Trinajstić information content (AvgIpc) is 3.34. The van der Waals surface area contributed by atoms with Gasteiger partial charge >= 0.3 is 5.69 Å². The smallest absolute Gasteiger partial charge is 0.350 e. The second-order valence-corrected chi connectivity index (χ2v) is 10.4. The van der Waals surface area contributed by atoms with Crippen molar-refractivity contribution in [3.05, 3.63) is 111 Å². The molecule has 5 rings (SSSR count). The van der Waals surface area contributed by atoms with Crippen LogP contribution in [0, 0.1) is 0 Å². The molecular weight excluding hydrogens is 537 g/mol. The van der Waals surface area contributed by atoms with Crippen LogP contribution in [0.2, 0.25) is 10.0 Å². The normalized spacial score (nSPS) is 15.3. The molecule has 10 heteroatoms. The molecule has 4 aromatic rings. The molecule has 1 fully saturated rings. The average molecular weight is 566 g/mol. The van der Waals surface area contributed by atoms with Gasteiger partial charge in [0.25, 0.3) is 5.91 Å². The van der Waals surface area contributed by atoms with Crippen molar-refractivity contribution >= 4 is 34.8 Å². The quantitative estimate of drug-likeness (QED) is 0.341. The molecule has 0 radical (unpaired) electrons. The van der Waals surface area contributed by atoms with Crippen molar-refractivity contribution in [2.24, 2.45) is 0 Å². The third-order valence-electron chi connectivity index (χ3n) is 7.15. The fourth-order valence-corrected chi connectivity index (χ4v) is 5.15. The maximum absolute atomic E-state index is 13.3. The van der Waals surface area contributed by atoms with E-state index in [4.69, 9.17) is 23.2 Å². The van der Waals surface area contributed by atoms with Gasteiger partial charge in [0.15, 0.2) is 0 Å². The molecule has 1 aliphatic rings. The first-order valence-electron chi connectivity index (χ1n) is 12.9. The summed E-state index contributed by atoms with van der Waals surface area (Å²) < 4.78 is 2.81. The highest BCUT2D eigenvalue weighted by Crippen LogP contribution is 2.28. The van der Waals surface area contributed by atoms with Crippen molar-refractivity contribution in [1.82, 2.24) is 19.2 Å². The van der Waals surface area contributed by atoms with E-state index in [0.717, 1.165) is 5.69 Å². The summed E-state index contributed by atoms with van der Waals surface area (Å²) >= 11 is 11.9. The van der Waals surface area contributed by atoms with Crippen LogP contribution in [-0.2, 0) is 0 Å². The second-order valence-electron chi connectivity index (χ2n) is 9.50. The van der Waals surface area contributed by atoms with Gasteiger partial charge in [-0.1, -0.05) is 42.3 Å². The Kier molecular flexibility index (Phi) is 8.07. The highest BCUT2D eigenvalue weighted by atomic mass is 35.5. The number of halogens is 2. The van der Waals surface area contributed by atoms with Crippen molar-refractivity contribution in [1.29, 1.82) is 0 Å². The predicted molar refractivity (Wildman–Crippen MR) is 153 cm³/mol. The lowest BCUT2D eigenvalue weighted by Gasteiger charge is -2.36. The first-order valence-corrected chi connectivity index (χ1v) is 13.6. The monoisotopic (exact) mass is 565 g/mol. The molecule has 0 aliphatic carbocycles. The third kappa shape index (κ3) is 5.73. The Morgan fingerprint density at radius 2 is 1.44 bits per heavy atom. The van der Waals surface area contributed by atoms with E-state index < -0.39 is 12.1 Å². The molecule has 8 nitrogen and oxygen atoms in total. The van der Waals surface area contributed by atoms with Gasteiger partial charge in [-0.2, -0.15) is 5.10 Å². The van der Waals surface area contributed by atoms with Gasteiger partial charge in [0, 0.05) is 47.5 Å². The number of aliphatic hydroxyl groups excluding tert-OH is 1. The molecular formula is C29H29Cl2N5O3. The van der Waals surface area contributed by atoms with Gasteiger partial charge in [-0.25, -0.2) is 14.0 Å². The number of aromatic nitrogens is 3. The largest absolute Gasteiger partial charge is 0.386 e. The zero-order valence-corrected chi connectivity index (χ0v) is 23.0. The summed E-state index contributed by atoms with van der Waals surface area (Å²) in [4.78, 5) is 30.1. The Morgan fingerprint density at radius 1 is 0.872 bits per heavy atom. The number of hydrogen-bond donors (Lipinski definition) is 1. The summed E-state index contributed by atoms with van der Waals surface area (Å²) in [6.07, 6.45) is 1.10. The Labute approximate surface area is 236 Å². The van der Waals surface area contributed by atoms with Crippen LogP contribution in [0.1, 0.15) is 41.4 Å². The van der Waals surface area contributed by atoms with E-state index >= 15 is 0 Å².